The summed E-state index contributed by atoms with van der Waals surface area (Å²) < 4.78 is 5.41. The van der Waals surface area contributed by atoms with E-state index in [-0.39, 0.29) is 5.75 Å². The largest absolute Gasteiger partial charge is 0.485 e. The number of ether oxygens (including phenoxy) is 1. The van der Waals surface area contributed by atoms with Crippen LogP contribution < -0.4 is 4.74 Å². The van der Waals surface area contributed by atoms with Gasteiger partial charge in [-0.15, -0.1) is 0 Å². The summed E-state index contributed by atoms with van der Waals surface area (Å²) in [7, 11) is 0. The van der Waals surface area contributed by atoms with Gasteiger partial charge in [0.05, 0.1) is 0 Å². The lowest BCUT2D eigenvalue weighted by molar-refractivity contribution is 0.268. The fourth-order valence-corrected chi connectivity index (χ4v) is 1.30. The van der Waals surface area contributed by atoms with E-state index in [1.165, 1.54) is 6.07 Å². The van der Waals surface area contributed by atoms with E-state index in [0.717, 1.165) is 5.56 Å². The molecule has 0 aromatic heterocycles. The average molecular weight is 199 g/mol. The zero-order valence-electron chi connectivity index (χ0n) is 8.22. The summed E-state index contributed by atoms with van der Waals surface area (Å²) in [6, 6.07) is 16.5. The molecule has 0 saturated carbocycles. The van der Waals surface area contributed by atoms with Crippen LogP contribution in [0.25, 0.3) is 0 Å². The zero-order valence-corrected chi connectivity index (χ0v) is 8.22. The molecular weight excluding hydrogens is 188 g/mol. The Labute approximate surface area is 88.8 Å². The first kappa shape index (κ1) is 9.59. The molecule has 1 radical (unpaired) electrons. The molecule has 0 N–H and O–H groups in total. The quantitative estimate of drug-likeness (QED) is 0.744. The van der Waals surface area contributed by atoms with Crippen molar-refractivity contribution in [1.82, 2.24) is 0 Å². The van der Waals surface area contributed by atoms with E-state index < -0.39 is 0 Å². The molecule has 15 heavy (non-hydrogen) atoms. The van der Waals surface area contributed by atoms with Crippen LogP contribution >= 0.6 is 0 Å². The first-order valence-corrected chi connectivity index (χ1v) is 4.79. The minimum atomic E-state index is -0.0755. The van der Waals surface area contributed by atoms with E-state index in [0.29, 0.717) is 12.4 Å². The maximum absolute atomic E-state index is 11.3. The SMILES string of the molecule is [O]c1ccccc1OCc1ccccc1. The molecule has 0 aliphatic rings. The average Bonchev–Trinajstić information content (AvgIpc) is 2.29. The fourth-order valence-electron chi connectivity index (χ4n) is 1.30. The highest BCUT2D eigenvalue weighted by Gasteiger charge is 2.01. The molecule has 2 aromatic carbocycles. The van der Waals surface area contributed by atoms with Gasteiger partial charge < -0.3 is 4.74 Å². The summed E-state index contributed by atoms with van der Waals surface area (Å²) >= 11 is 0. The molecule has 0 heterocycles. The third-order valence-corrected chi connectivity index (χ3v) is 2.09. The van der Waals surface area contributed by atoms with Crippen LogP contribution in [0.1, 0.15) is 5.56 Å². The second-order valence-electron chi connectivity index (χ2n) is 3.22. The smallest absolute Gasteiger partial charge is 0.220 e. The van der Waals surface area contributed by atoms with Gasteiger partial charge in [-0.05, 0) is 17.7 Å². The first-order valence-electron chi connectivity index (χ1n) is 4.79. The lowest BCUT2D eigenvalue weighted by atomic mass is 10.2. The number of hydrogen-bond acceptors (Lipinski definition) is 1. The predicted octanol–water partition coefficient (Wildman–Crippen LogP) is 3.41. The van der Waals surface area contributed by atoms with Gasteiger partial charge in [0.15, 0.2) is 5.75 Å². The second kappa shape index (κ2) is 4.51. The molecule has 0 unspecified atom stereocenters. The van der Waals surface area contributed by atoms with Crippen molar-refractivity contribution >= 4 is 0 Å². The summed E-state index contributed by atoms with van der Waals surface area (Å²) in [5.41, 5.74) is 1.06. The summed E-state index contributed by atoms with van der Waals surface area (Å²) in [4.78, 5) is 0. The van der Waals surface area contributed by atoms with Crippen LogP contribution in [0.4, 0.5) is 0 Å². The monoisotopic (exact) mass is 199 g/mol. The van der Waals surface area contributed by atoms with Crippen LogP contribution in [0.2, 0.25) is 0 Å². The van der Waals surface area contributed by atoms with E-state index in [1.54, 1.807) is 18.2 Å². The van der Waals surface area contributed by atoms with Crippen molar-refractivity contribution in [2.45, 2.75) is 6.61 Å². The number of para-hydroxylation sites is 2. The Morgan fingerprint density at radius 3 is 2.27 bits per heavy atom. The van der Waals surface area contributed by atoms with Gasteiger partial charge in [0.25, 0.3) is 0 Å². The minimum Gasteiger partial charge on any atom is -0.485 e. The van der Waals surface area contributed by atoms with E-state index >= 15 is 0 Å². The van der Waals surface area contributed by atoms with Crippen LogP contribution in [-0.4, -0.2) is 0 Å². The Morgan fingerprint density at radius 2 is 1.53 bits per heavy atom. The van der Waals surface area contributed by atoms with Gasteiger partial charge in [-0.25, -0.2) is 0 Å². The minimum absolute atomic E-state index is 0.0755. The van der Waals surface area contributed by atoms with Crippen molar-refractivity contribution in [1.29, 1.82) is 0 Å². The molecule has 2 heteroatoms. The highest BCUT2D eigenvalue weighted by atomic mass is 16.5. The highest BCUT2D eigenvalue weighted by molar-refractivity contribution is 5.37. The van der Waals surface area contributed by atoms with E-state index in [4.69, 9.17) is 4.74 Å². The van der Waals surface area contributed by atoms with Crippen molar-refractivity contribution in [2.75, 3.05) is 0 Å². The lowest BCUT2D eigenvalue weighted by Crippen LogP contribution is -1.94. The Hall–Kier alpha value is -1.96. The Kier molecular flexibility index (Phi) is 2.88. The predicted molar refractivity (Wildman–Crippen MR) is 57.3 cm³/mol. The molecule has 0 atom stereocenters. The summed E-state index contributed by atoms with van der Waals surface area (Å²) in [5.74, 6) is 0.329. The van der Waals surface area contributed by atoms with Crippen LogP contribution in [0.5, 0.6) is 11.5 Å². The van der Waals surface area contributed by atoms with Gasteiger partial charge in [-0.2, -0.15) is 0 Å². The Balaban J connectivity index is 2.03. The topological polar surface area (TPSA) is 29.1 Å². The molecule has 0 aliphatic heterocycles. The lowest BCUT2D eigenvalue weighted by Gasteiger charge is -2.05. The van der Waals surface area contributed by atoms with Crippen molar-refractivity contribution in [3.8, 4) is 11.5 Å². The van der Waals surface area contributed by atoms with Crippen molar-refractivity contribution in [3.05, 3.63) is 60.2 Å². The Morgan fingerprint density at radius 1 is 0.867 bits per heavy atom. The molecule has 2 rings (SSSR count). The molecule has 75 valence electrons. The normalized spacial score (nSPS) is 9.87. The first-order chi connectivity index (χ1) is 7.36. The fraction of sp³-hybridized carbons (Fsp3) is 0.0769. The van der Waals surface area contributed by atoms with E-state index in [1.807, 2.05) is 30.3 Å². The second-order valence-corrected chi connectivity index (χ2v) is 3.22. The third-order valence-electron chi connectivity index (χ3n) is 2.09. The number of hydrogen-bond donors (Lipinski definition) is 0. The maximum atomic E-state index is 11.3. The van der Waals surface area contributed by atoms with Crippen molar-refractivity contribution < 1.29 is 9.84 Å². The van der Waals surface area contributed by atoms with E-state index in [9.17, 15) is 5.11 Å². The van der Waals surface area contributed by atoms with Crippen LogP contribution in [0, 0.1) is 0 Å². The van der Waals surface area contributed by atoms with Gasteiger partial charge in [0.1, 0.15) is 6.61 Å². The number of rotatable bonds is 3. The van der Waals surface area contributed by atoms with Crippen molar-refractivity contribution in [3.63, 3.8) is 0 Å². The third kappa shape index (κ3) is 2.50. The molecule has 2 aromatic rings. The molecule has 0 saturated heterocycles. The van der Waals surface area contributed by atoms with Crippen LogP contribution in [0.15, 0.2) is 54.6 Å². The van der Waals surface area contributed by atoms with Gasteiger partial charge in [0.2, 0.25) is 5.75 Å². The molecule has 0 fully saturated rings. The highest BCUT2D eigenvalue weighted by Crippen LogP contribution is 2.25. The zero-order chi connectivity index (χ0) is 10.5. The van der Waals surface area contributed by atoms with Gasteiger partial charge in [0, 0.05) is 0 Å². The molecule has 0 bridgehead atoms. The van der Waals surface area contributed by atoms with Crippen molar-refractivity contribution in [2.24, 2.45) is 0 Å². The molecule has 2 nitrogen and oxygen atoms in total. The van der Waals surface area contributed by atoms with Gasteiger partial charge in [-0.3, -0.25) is 5.11 Å². The standard InChI is InChI=1S/C13H11O2/c14-12-8-4-5-9-13(12)15-10-11-6-2-1-3-7-11/h1-9H,10H2. The summed E-state index contributed by atoms with van der Waals surface area (Å²) in [6.45, 7) is 0.431. The summed E-state index contributed by atoms with van der Waals surface area (Å²) in [6.07, 6.45) is 0. The summed E-state index contributed by atoms with van der Waals surface area (Å²) in [5, 5.41) is 11.3. The van der Waals surface area contributed by atoms with Gasteiger partial charge >= 0.3 is 0 Å². The maximum Gasteiger partial charge on any atom is 0.220 e. The Bertz CT molecular complexity index is 424. The van der Waals surface area contributed by atoms with Crippen LogP contribution in [0.3, 0.4) is 0 Å². The molecular formula is C13H11O2. The molecule has 0 aliphatic carbocycles. The van der Waals surface area contributed by atoms with Crippen LogP contribution in [-0.2, 0) is 11.7 Å². The molecule has 0 amide bonds. The van der Waals surface area contributed by atoms with Gasteiger partial charge in [-0.1, -0.05) is 42.5 Å². The number of benzene rings is 2. The van der Waals surface area contributed by atoms with E-state index in [2.05, 4.69) is 0 Å². The molecule has 0 spiro atoms.